The van der Waals surface area contributed by atoms with E-state index >= 15 is 0 Å². The summed E-state index contributed by atoms with van der Waals surface area (Å²) in [7, 11) is 0. The SMILES string of the molecule is C=Cc1c(C2CC2)nc2cc(F)c(F)cc2c1Oc1ccccc1. The Morgan fingerprint density at radius 2 is 1.79 bits per heavy atom. The van der Waals surface area contributed by atoms with Crippen molar-refractivity contribution in [2.75, 3.05) is 0 Å². The van der Waals surface area contributed by atoms with Gasteiger partial charge >= 0.3 is 0 Å². The first-order valence-corrected chi connectivity index (χ1v) is 7.85. The van der Waals surface area contributed by atoms with E-state index in [2.05, 4.69) is 11.6 Å². The van der Waals surface area contributed by atoms with Crippen molar-refractivity contribution in [3.8, 4) is 11.5 Å². The van der Waals surface area contributed by atoms with Crippen LogP contribution in [0.2, 0.25) is 0 Å². The average Bonchev–Trinajstić information content (AvgIpc) is 3.42. The van der Waals surface area contributed by atoms with Gasteiger partial charge in [-0.2, -0.15) is 0 Å². The topological polar surface area (TPSA) is 22.1 Å². The molecule has 120 valence electrons. The third-order valence-corrected chi connectivity index (χ3v) is 4.18. The lowest BCUT2D eigenvalue weighted by atomic mass is 10.0. The van der Waals surface area contributed by atoms with E-state index in [1.165, 1.54) is 0 Å². The van der Waals surface area contributed by atoms with Crippen molar-refractivity contribution >= 4 is 17.0 Å². The fraction of sp³-hybridized carbons (Fsp3) is 0.150. The van der Waals surface area contributed by atoms with Gasteiger partial charge in [-0.1, -0.05) is 30.9 Å². The Morgan fingerprint density at radius 3 is 2.46 bits per heavy atom. The molecule has 0 unspecified atom stereocenters. The molecule has 4 heteroatoms. The second-order valence-electron chi connectivity index (χ2n) is 5.92. The zero-order valence-electron chi connectivity index (χ0n) is 12.9. The van der Waals surface area contributed by atoms with Gasteiger partial charge in [0.15, 0.2) is 11.6 Å². The number of para-hydroxylation sites is 1. The average molecular weight is 323 g/mol. The third kappa shape index (κ3) is 2.54. The van der Waals surface area contributed by atoms with Gasteiger partial charge in [0.05, 0.1) is 11.2 Å². The molecule has 0 saturated heterocycles. The zero-order valence-corrected chi connectivity index (χ0v) is 12.9. The molecule has 0 spiro atoms. The van der Waals surface area contributed by atoms with E-state index in [1.54, 1.807) is 6.08 Å². The van der Waals surface area contributed by atoms with Crippen molar-refractivity contribution < 1.29 is 13.5 Å². The fourth-order valence-electron chi connectivity index (χ4n) is 2.84. The maximum atomic E-state index is 13.8. The number of ether oxygens (including phenoxy) is 1. The van der Waals surface area contributed by atoms with Crippen LogP contribution in [-0.4, -0.2) is 4.98 Å². The minimum atomic E-state index is -0.920. The van der Waals surface area contributed by atoms with Crippen molar-refractivity contribution in [3.63, 3.8) is 0 Å². The van der Waals surface area contributed by atoms with Gasteiger partial charge in [-0.05, 0) is 31.0 Å². The molecule has 0 aliphatic heterocycles. The third-order valence-electron chi connectivity index (χ3n) is 4.18. The van der Waals surface area contributed by atoms with E-state index < -0.39 is 11.6 Å². The number of fused-ring (bicyclic) bond motifs is 1. The van der Waals surface area contributed by atoms with Gasteiger partial charge < -0.3 is 4.74 Å². The van der Waals surface area contributed by atoms with E-state index in [9.17, 15) is 8.78 Å². The molecule has 2 aromatic carbocycles. The molecule has 0 bridgehead atoms. The lowest BCUT2D eigenvalue weighted by Gasteiger charge is -2.15. The van der Waals surface area contributed by atoms with Gasteiger partial charge in [0.25, 0.3) is 0 Å². The highest BCUT2D eigenvalue weighted by Crippen LogP contribution is 2.46. The van der Waals surface area contributed by atoms with Crippen LogP contribution < -0.4 is 4.74 Å². The summed E-state index contributed by atoms with van der Waals surface area (Å²) in [6.07, 6.45) is 3.75. The molecule has 1 saturated carbocycles. The van der Waals surface area contributed by atoms with Crippen LogP contribution >= 0.6 is 0 Å². The number of benzene rings is 2. The molecular formula is C20H15F2NO. The van der Waals surface area contributed by atoms with Crippen molar-refractivity contribution in [2.24, 2.45) is 0 Å². The van der Waals surface area contributed by atoms with Crippen molar-refractivity contribution in [1.29, 1.82) is 0 Å². The number of nitrogens with zero attached hydrogens (tertiary/aromatic N) is 1. The summed E-state index contributed by atoms with van der Waals surface area (Å²) in [6.45, 7) is 3.86. The molecule has 1 fully saturated rings. The van der Waals surface area contributed by atoms with E-state index in [1.807, 2.05) is 30.3 Å². The van der Waals surface area contributed by atoms with E-state index in [-0.39, 0.29) is 0 Å². The zero-order chi connectivity index (χ0) is 16.7. The summed E-state index contributed by atoms with van der Waals surface area (Å²) in [5, 5.41) is 0.442. The van der Waals surface area contributed by atoms with Crippen molar-refractivity contribution in [3.05, 3.63) is 71.9 Å². The molecule has 1 aliphatic carbocycles. The first kappa shape index (κ1) is 14.8. The van der Waals surface area contributed by atoms with Gasteiger partial charge in [-0.3, -0.25) is 4.98 Å². The van der Waals surface area contributed by atoms with Crippen LogP contribution in [0.4, 0.5) is 8.78 Å². The van der Waals surface area contributed by atoms with Gasteiger partial charge in [0.2, 0.25) is 0 Å². The Bertz CT molecular complexity index is 934. The number of aromatic nitrogens is 1. The highest BCUT2D eigenvalue weighted by Gasteiger charge is 2.30. The maximum absolute atomic E-state index is 13.8. The number of hydrogen-bond acceptors (Lipinski definition) is 2. The Morgan fingerprint density at radius 1 is 1.08 bits per heavy atom. The van der Waals surface area contributed by atoms with Gasteiger partial charge in [-0.25, -0.2) is 8.78 Å². The predicted molar refractivity (Wildman–Crippen MR) is 90.2 cm³/mol. The van der Waals surface area contributed by atoms with E-state index in [0.29, 0.717) is 28.3 Å². The number of pyridine rings is 1. The lowest BCUT2D eigenvalue weighted by molar-refractivity contribution is 0.483. The predicted octanol–water partition coefficient (Wildman–Crippen LogP) is 5.83. The van der Waals surface area contributed by atoms with Crippen molar-refractivity contribution in [1.82, 2.24) is 4.98 Å². The molecule has 1 aromatic heterocycles. The normalized spacial score (nSPS) is 13.9. The van der Waals surface area contributed by atoms with Gasteiger partial charge in [0, 0.05) is 22.9 Å². The van der Waals surface area contributed by atoms with Crippen molar-refractivity contribution in [2.45, 2.75) is 18.8 Å². The molecular weight excluding hydrogens is 308 g/mol. The smallest absolute Gasteiger partial charge is 0.161 e. The van der Waals surface area contributed by atoms with Crippen LogP contribution in [0.25, 0.3) is 17.0 Å². The Balaban J connectivity index is 1.99. The van der Waals surface area contributed by atoms with Crippen LogP contribution in [0.1, 0.15) is 30.0 Å². The van der Waals surface area contributed by atoms with Crippen LogP contribution in [0.15, 0.2) is 49.0 Å². The summed E-state index contributed by atoms with van der Waals surface area (Å²) in [4.78, 5) is 4.55. The molecule has 2 nitrogen and oxygen atoms in total. The maximum Gasteiger partial charge on any atom is 0.161 e. The molecule has 1 aliphatic rings. The second kappa shape index (κ2) is 5.71. The quantitative estimate of drug-likeness (QED) is 0.603. The minimum Gasteiger partial charge on any atom is -0.456 e. The summed E-state index contributed by atoms with van der Waals surface area (Å²) < 4.78 is 33.5. The highest BCUT2D eigenvalue weighted by molar-refractivity contribution is 5.90. The minimum absolute atomic E-state index is 0.327. The highest BCUT2D eigenvalue weighted by atomic mass is 19.2. The summed E-state index contributed by atoms with van der Waals surface area (Å²) in [5.41, 5.74) is 1.99. The summed E-state index contributed by atoms with van der Waals surface area (Å²) in [6, 6.07) is 11.5. The van der Waals surface area contributed by atoms with Gasteiger partial charge in [0.1, 0.15) is 11.5 Å². The molecule has 3 aromatic rings. The van der Waals surface area contributed by atoms with Crippen LogP contribution in [-0.2, 0) is 0 Å². The van der Waals surface area contributed by atoms with Gasteiger partial charge in [-0.15, -0.1) is 0 Å². The Kier molecular flexibility index (Phi) is 3.53. The first-order chi connectivity index (χ1) is 11.7. The lowest BCUT2D eigenvalue weighted by Crippen LogP contribution is -2.00. The molecule has 0 atom stereocenters. The summed E-state index contributed by atoms with van der Waals surface area (Å²) >= 11 is 0. The Labute approximate surface area is 138 Å². The second-order valence-corrected chi connectivity index (χ2v) is 5.92. The molecule has 24 heavy (non-hydrogen) atoms. The van der Waals surface area contributed by atoms with Crippen LogP contribution in [0.3, 0.4) is 0 Å². The van der Waals surface area contributed by atoms with Crippen LogP contribution in [0.5, 0.6) is 11.5 Å². The number of halogens is 2. The largest absolute Gasteiger partial charge is 0.456 e. The summed E-state index contributed by atoms with van der Waals surface area (Å²) in [5.74, 6) is -0.402. The van der Waals surface area contributed by atoms with E-state index in [4.69, 9.17) is 4.74 Å². The Hall–Kier alpha value is -2.75. The fourth-order valence-corrected chi connectivity index (χ4v) is 2.84. The molecule has 4 rings (SSSR count). The molecule has 0 N–H and O–H groups in total. The first-order valence-electron chi connectivity index (χ1n) is 7.85. The molecule has 0 radical (unpaired) electrons. The monoisotopic (exact) mass is 323 g/mol. The number of hydrogen-bond donors (Lipinski definition) is 0. The van der Waals surface area contributed by atoms with Crippen LogP contribution in [0, 0.1) is 11.6 Å². The number of rotatable bonds is 4. The molecule has 1 heterocycles. The standard InChI is InChI=1S/C20H15F2NO/c1-2-14-19(12-8-9-12)23-18-11-17(22)16(21)10-15(18)20(14)24-13-6-4-3-5-7-13/h2-7,10-12H,1,8-9H2. The molecule has 0 amide bonds. The van der Waals surface area contributed by atoms with E-state index in [0.717, 1.165) is 36.2 Å².